The van der Waals surface area contributed by atoms with Crippen LogP contribution < -0.4 is 5.73 Å². The van der Waals surface area contributed by atoms with Crippen LogP contribution in [0.15, 0.2) is 24.3 Å². The molecule has 20 heavy (non-hydrogen) atoms. The highest BCUT2D eigenvalue weighted by Crippen LogP contribution is 2.20. The van der Waals surface area contributed by atoms with E-state index in [2.05, 4.69) is 11.9 Å². The van der Waals surface area contributed by atoms with Crippen molar-refractivity contribution in [1.82, 2.24) is 9.55 Å². The minimum Gasteiger partial charge on any atom is -0.468 e. The van der Waals surface area contributed by atoms with Crippen molar-refractivity contribution < 1.29 is 9.53 Å². The summed E-state index contributed by atoms with van der Waals surface area (Å²) in [6, 6.07) is 7.88. The summed E-state index contributed by atoms with van der Waals surface area (Å²) < 4.78 is 6.80. The Balaban J connectivity index is 2.46. The van der Waals surface area contributed by atoms with Gasteiger partial charge in [-0.1, -0.05) is 19.1 Å². The largest absolute Gasteiger partial charge is 0.468 e. The summed E-state index contributed by atoms with van der Waals surface area (Å²) >= 11 is 0. The van der Waals surface area contributed by atoms with E-state index >= 15 is 0 Å². The second-order valence-electron chi connectivity index (χ2n) is 5.26. The molecular formula is C15H21N3O2. The quantitative estimate of drug-likeness (QED) is 0.846. The lowest BCUT2D eigenvalue weighted by Crippen LogP contribution is -2.49. The van der Waals surface area contributed by atoms with Gasteiger partial charge in [-0.3, -0.25) is 4.79 Å². The van der Waals surface area contributed by atoms with E-state index < -0.39 is 11.5 Å². The molecule has 0 amide bonds. The molecule has 2 rings (SSSR count). The molecule has 0 spiro atoms. The fourth-order valence-corrected chi connectivity index (χ4v) is 2.34. The topological polar surface area (TPSA) is 70.1 Å². The predicted molar refractivity (Wildman–Crippen MR) is 78.3 cm³/mol. The molecule has 0 saturated carbocycles. The molecular weight excluding hydrogens is 254 g/mol. The summed E-state index contributed by atoms with van der Waals surface area (Å²) in [7, 11) is 1.35. The average Bonchev–Trinajstić information content (AvgIpc) is 2.76. The molecule has 5 heteroatoms. The Morgan fingerprint density at radius 1 is 1.45 bits per heavy atom. The van der Waals surface area contributed by atoms with E-state index in [1.54, 1.807) is 6.92 Å². The number of aromatic nitrogens is 2. The van der Waals surface area contributed by atoms with Crippen molar-refractivity contribution in [2.45, 2.75) is 38.8 Å². The molecule has 0 aliphatic rings. The third kappa shape index (κ3) is 2.67. The van der Waals surface area contributed by atoms with Gasteiger partial charge in [0.15, 0.2) is 0 Å². The Hall–Kier alpha value is -1.88. The summed E-state index contributed by atoms with van der Waals surface area (Å²) in [5.41, 5.74) is 6.95. The first kappa shape index (κ1) is 14.5. The van der Waals surface area contributed by atoms with Crippen molar-refractivity contribution in [1.29, 1.82) is 0 Å². The maximum atomic E-state index is 11.8. The zero-order valence-electron chi connectivity index (χ0n) is 12.2. The van der Waals surface area contributed by atoms with Crippen molar-refractivity contribution in [3.63, 3.8) is 0 Å². The molecule has 1 heterocycles. The van der Waals surface area contributed by atoms with Gasteiger partial charge in [-0.15, -0.1) is 0 Å². The average molecular weight is 275 g/mol. The van der Waals surface area contributed by atoms with Gasteiger partial charge in [0.05, 0.1) is 24.7 Å². The van der Waals surface area contributed by atoms with Crippen molar-refractivity contribution in [3.8, 4) is 0 Å². The molecule has 0 fully saturated rings. The third-order valence-electron chi connectivity index (χ3n) is 3.35. The number of nitrogens with zero attached hydrogens (tertiary/aromatic N) is 2. The summed E-state index contributed by atoms with van der Waals surface area (Å²) in [4.78, 5) is 16.4. The molecule has 108 valence electrons. The molecule has 1 aromatic carbocycles. The molecule has 0 radical (unpaired) electrons. The molecule has 2 N–H and O–H groups in total. The summed E-state index contributed by atoms with van der Waals surface area (Å²) in [6.45, 7) is 4.14. The highest BCUT2D eigenvalue weighted by molar-refractivity contribution is 5.81. The Morgan fingerprint density at radius 3 is 2.80 bits per heavy atom. The number of benzene rings is 1. The van der Waals surface area contributed by atoms with Crippen LogP contribution in [0, 0.1) is 0 Å². The van der Waals surface area contributed by atoms with Crippen molar-refractivity contribution in [2.24, 2.45) is 5.73 Å². The van der Waals surface area contributed by atoms with Crippen LogP contribution in [0.2, 0.25) is 0 Å². The van der Waals surface area contributed by atoms with Gasteiger partial charge in [0, 0.05) is 6.42 Å². The number of aryl methyl sites for hydroxylation is 1. The van der Waals surface area contributed by atoms with E-state index in [0.29, 0.717) is 6.54 Å². The number of methoxy groups -OCH3 is 1. The molecule has 1 atom stereocenters. The number of esters is 1. The predicted octanol–water partition coefficient (Wildman–Crippen LogP) is 1.88. The first-order chi connectivity index (χ1) is 9.49. The second-order valence-corrected chi connectivity index (χ2v) is 5.26. The molecule has 1 aromatic heterocycles. The molecule has 1 unspecified atom stereocenters. The molecule has 0 bridgehead atoms. The molecule has 0 saturated heterocycles. The lowest BCUT2D eigenvalue weighted by molar-refractivity contribution is -0.146. The van der Waals surface area contributed by atoms with Gasteiger partial charge in [0.1, 0.15) is 11.4 Å². The zero-order valence-corrected chi connectivity index (χ0v) is 12.2. The summed E-state index contributed by atoms with van der Waals surface area (Å²) in [5, 5.41) is 0. The minimum absolute atomic E-state index is 0.357. The van der Waals surface area contributed by atoms with Crippen molar-refractivity contribution in [2.75, 3.05) is 7.11 Å². The number of imidazole rings is 1. The lowest BCUT2D eigenvalue weighted by Gasteiger charge is -2.23. The summed E-state index contributed by atoms with van der Waals surface area (Å²) in [6.07, 6.45) is 1.84. The SMILES string of the molecule is CCCc1nc2ccccc2n1CC(C)(N)C(=O)OC. The Labute approximate surface area is 118 Å². The van der Waals surface area contributed by atoms with Gasteiger partial charge in [0.25, 0.3) is 0 Å². The molecule has 5 nitrogen and oxygen atoms in total. The molecule has 0 aliphatic carbocycles. The Bertz CT molecular complexity index is 617. The number of fused-ring (bicyclic) bond motifs is 1. The number of hydrogen-bond donors (Lipinski definition) is 1. The third-order valence-corrected chi connectivity index (χ3v) is 3.35. The van der Waals surface area contributed by atoms with E-state index in [0.717, 1.165) is 29.7 Å². The number of rotatable bonds is 5. The fourth-order valence-electron chi connectivity index (χ4n) is 2.34. The standard InChI is InChI=1S/C15H21N3O2/c1-4-7-13-17-11-8-5-6-9-12(11)18(13)10-15(2,16)14(19)20-3/h5-6,8-9H,4,7,10,16H2,1-3H3. The first-order valence-electron chi connectivity index (χ1n) is 6.81. The summed E-state index contributed by atoms with van der Waals surface area (Å²) in [5.74, 6) is 0.534. The zero-order chi connectivity index (χ0) is 14.8. The van der Waals surface area contributed by atoms with Gasteiger partial charge >= 0.3 is 5.97 Å². The normalized spacial score (nSPS) is 14.2. The van der Waals surface area contributed by atoms with Crippen LogP contribution in [0.5, 0.6) is 0 Å². The van der Waals surface area contributed by atoms with Crippen LogP contribution in [-0.2, 0) is 22.5 Å². The van der Waals surface area contributed by atoms with E-state index in [1.807, 2.05) is 28.8 Å². The Morgan fingerprint density at radius 2 is 2.15 bits per heavy atom. The second kappa shape index (κ2) is 5.63. The number of carbonyl (C=O) groups is 1. The van der Waals surface area contributed by atoms with Gasteiger partial charge < -0.3 is 15.0 Å². The first-order valence-corrected chi connectivity index (χ1v) is 6.81. The number of para-hydroxylation sites is 2. The van der Waals surface area contributed by atoms with Crippen molar-refractivity contribution in [3.05, 3.63) is 30.1 Å². The number of nitrogens with two attached hydrogens (primary N) is 1. The van der Waals surface area contributed by atoms with Crippen LogP contribution in [0.25, 0.3) is 11.0 Å². The fraction of sp³-hybridized carbons (Fsp3) is 0.467. The van der Waals surface area contributed by atoms with Crippen LogP contribution in [0.4, 0.5) is 0 Å². The number of ether oxygens (including phenoxy) is 1. The van der Waals surface area contributed by atoms with E-state index in [1.165, 1.54) is 7.11 Å². The number of carbonyl (C=O) groups excluding carboxylic acids is 1. The van der Waals surface area contributed by atoms with Gasteiger partial charge in [0.2, 0.25) is 0 Å². The number of hydrogen-bond acceptors (Lipinski definition) is 4. The van der Waals surface area contributed by atoms with Crippen molar-refractivity contribution >= 4 is 17.0 Å². The van der Waals surface area contributed by atoms with E-state index in [9.17, 15) is 4.79 Å². The maximum Gasteiger partial charge on any atom is 0.327 e. The highest BCUT2D eigenvalue weighted by Gasteiger charge is 2.31. The minimum atomic E-state index is -1.07. The van der Waals surface area contributed by atoms with E-state index in [-0.39, 0.29) is 0 Å². The van der Waals surface area contributed by atoms with Crippen LogP contribution in [-0.4, -0.2) is 28.2 Å². The van der Waals surface area contributed by atoms with Gasteiger partial charge in [-0.05, 0) is 25.5 Å². The van der Waals surface area contributed by atoms with E-state index in [4.69, 9.17) is 10.5 Å². The molecule has 2 aromatic rings. The van der Waals surface area contributed by atoms with Crippen LogP contribution in [0.1, 0.15) is 26.1 Å². The Kier molecular flexibility index (Phi) is 4.09. The lowest BCUT2D eigenvalue weighted by atomic mass is 10.0. The van der Waals surface area contributed by atoms with Gasteiger partial charge in [-0.2, -0.15) is 0 Å². The smallest absolute Gasteiger partial charge is 0.327 e. The van der Waals surface area contributed by atoms with Crippen LogP contribution in [0.3, 0.4) is 0 Å². The van der Waals surface area contributed by atoms with Gasteiger partial charge in [-0.25, -0.2) is 4.98 Å². The monoisotopic (exact) mass is 275 g/mol. The van der Waals surface area contributed by atoms with Crippen LogP contribution >= 0.6 is 0 Å². The molecule has 0 aliphatic heterocycles. The maximum absolute atomic E-state index is 11.8. The highest BCUT2D eigenvalue weighted by atomic mass is 16.5.